The first kappa shape index (κ1) is 20.1. The van der Waals surface area contributed by atoms with Crippen LogP contribution in [0.5, 0.6) is 17.2 Å². The molecule has 0 radical (unpaired) electrons. The smallest absolute Gasteiger partial charge is 0.220 e. The maximum atomic E-state index is 12.3. The van der Waals surface area contributed by atoms with Gasteiger partial charge in [-0.2, -0.15) is 0 Å². The highest BCUT2D eigenvalue weighted by molar-refractivity contribution is 5.77. The number of hydrogen-bond donors (Lipinski definition) is 2. The van der Waals surface area contributed by atoms with E-state index in [4.69, 9.17) is 19.9 Å². The van der Waals surface area contributed by atoms with Gasteiger partial charge in [-0.3, -0.25) is 4.79 Å². The van der Waals surface area contributed by atoms with Crippen LogP contribution in [0, 0.1) is 0 Å². The van der Waals surface area contributed by atoms with Gasteiger partial charge in [0.05, 0.1) is 26.9 Å². The molecule has 1 aromatic carbocycles. The number of aryl methyl sites for hydroxylation is 1. The molecule has 0 aromatic heterocycles. The first-order valence-electron chi connectivity index (χ1n) is 8.29. The Hall–Kier alpha value is -1.95. The van der Waals surface area contributed by atoms with Crippen LogP contribution in [0.25, 0.3) is 0 Å². The molecule has 136 valence electrons. The van der Waals surface area contributed by atoms with Crippen molar-refractivity contribution in [2.75, 3.05) is 27.9 Å². The van der Waals surface area contributed by atoms with E-state index in [-0.39, 0.29) is 11.4 Å². The minimum Gasteiger partial charge on any atom is -0.493 e. The molecule has 0 unspecified atom stereocenters. The number of hydrogen-bond acceptors (Lipinski definition) is 5. The number of carbonyl (C=O) groups is 1. The van der Waals surface area contributed by atoms with Gasteiger partial charge in [0.2, 0.25) is 11.7 Å². The summed E-state index contributed by atoms with van der Waals surface area (Å²) in [5.74, 6) is 1.72. The van der Waals surface area contributed by atoms with Crippen LogP contribution in [-0.2, 0) is 11.2 Å². The highest BCUT2D eigenvalue weighted by Crippen LogP contribution is 2.38. The Morgan fingerprint density at radius 3 is 2.00 bits per heavy atom. The summed E-state index contributed by atoms with van der Waals surface area (Å²) in [5, 5.41) is 3.08. The van der Waals surface area contributed by atoms with E-state index in [0.717, 1.165) is 18.4 Å². The van der Waals surface area contributed by atoms with Crippen LogP contribution in [0.4, 0.5) is 0 Å². The van der Waals surface area contributed by atoms with Gasteiger partial charge in [-0.15, -0.1) is 0 Å². The Morgan fingerprint density at radius 1 is 1.08 bits per heavy atom. The Kier molecular flexibility index (Phi) is 7.85. The number of nitrogens with one attached hydrogen (secondary N) is 1. The fourth-order valence-corrected chi connectivity index (χ4v) is 2.66. The second kappa shape index (κ2) is 9.37. The van der Waals surface area contributed by atoms with Gasteiger partial charge < -0.3 is 25.3 Å². The maximum Gasteiger partial charge on any atom is 0.220 e. The average molecular weight is 338 g/mol. The summed E-state index contributed by atoms with van der Waals surface area (Å²) >= 11 is 0. The van der Waals surface area contributed by atoms with Crippen LogP contribution < -0.4 is 25.3 Å². The van der Waals surface area contributed by atoms with Gasteiger partial charge in [0.1, 0.15) is 0 Å². The minimum absolute atomic E-state index is 0.00194. The van der Waals surface area contributed by atoms with Gasteiger partial charge in [-0.25, -0.2) is 0 Å². The molecular formula is C18H30N2O4. The van der Waals surface area contributed by atoms with Crippen molar-refractivity contribution >= 4 is 5.91 Å². The van der Waals surface area contributed by atoms with Gasteiger partial charge in [0, 0.05) is 13.0 Å². The van der Waals surface area contributed by atoms with E-state index >= 15 is 0 Å². The summed E-state index contributed by atoms with van der Waals surface area (Å²) in [4.78, 5) is 12.3. The fraction of sp³-hybridized carbons (Fsp3) is 0.611. The Labute approximate surface area is 144 Å². The van der Waals surface area contributed by atoms with Crippen molar-refractivity contribution in [3.05, 3.63) is 17.7 Å². The zero-order valence-corrected chi connectivity index (χ0v) is 15.4. The van der Waals surface area contributed by atoms with E-state index in [0.29, 0.717) is 36.6 Å². The zero-order valence-electron chi connectivity index (χ0n) is 15.4. The molecule has 0 aliphatic carbocycles. The normalized spacial score (nSPS) is 11.1. The van der Waals surface area contributed by atoms with Crippen LogP contribution in [0.15, 0.2) is 12.1 Å². The van der Waals surface area contributed by atoms with Crippen LogP contribution in [0.2, 0.25) is 0 Å². The standard InChI is InChI=1S/C18H30N2O4/c1-6-18(7-2,12-19)20-16(21)9-8-13-10-14(22-3)17(24-5)15(11-13)23-4/h10-11H,6-9,12,19H2,1-5H3,(H,20,21). The van der Waals surface area contributed by atoms with E-state index in [9.17, 15) is 4.79 Å². The van der Waals surface area contributed by atoms with Gasteiger partial charge in [0.25, 0.3) is 0 Å². The molecule has 0 aliphatic rings. The number of carbonyl (C=O) groups excluding carboxylic acids is 1. The molecule has 0 heterocycles. The van der Waals surface area contributed by atoms with Crippen LogP contribution in [-0.4, -0.2) is 39.3 Å². The van der Waals surface area contributed by atoms with Crippen molar-refractivity contribution in [2.24, 2.45) is 5.73 Å². The summed E-state index contributed by atoms with van der Waals surface area (Å²) in [6, 6.07) is 3.73. The average Bonchev–Trinajstić information content (AvgIpc) is 2.63. The molecule has 0 atom stereocenters. The summed E-state index contributed by atoms with van der Waals surface area (Å²) in [6.07, 6.45) is 2.59. The first-order valence-corrected chi connectivity index (χ1v) is 8.29. The molecule has 6 heteroatoms. The first-order chi connectivity index (χ1) is 11.5. The van der Waals surface area contributed by atoms with Crippen molar-refractivity contribution in [1.82, 2.24) is 5.32 Å². The van der Waals surface area contributed by atoms with Gasteiger partial charge in [0.15, 0.2) is 11.5 Å². The Bertz CT molecular complexity index is 509. The molecule has 0 bridgehead atoms. The van der Waals surface area contributed by atoms with E-state index in [1.165, 1.54) is 0 Å². The molecule has 1 rings (SSSR count). The number of ether oxygens (including phenoxy) is 3. The largest absolute Gasteiger partial charge is 0.493 e. The molecule has 1 amide bonds. The third kappa shape index (κ3) is 4.77. The molecule has 0 saturated heterocycles. The maximum absolute atomic E-state index is 12.3. The molecule has 3 N–H and O–H groups in total. The molecule has 0 fully saturated rings. The van der Waals surface area contributed by atoms with Gasteiger partial charge in [-0.05, 0) is 37.0 Å². The number of amides is 1. The van der Waals surface area contributed by atoms with Crippen molar-refractivity contribution in [1.29, 1.82) is 0 Å². The van der Waals surface area contributed by atoms with Gasteiger partial charge in [-0.1, -0.05) is 13.8 Å². The second-order valence-corrected chi connectivity index (χ2v) is 5.77. The Morgan fingerprint density at radius 2 is 1.62 bits per heavy atom. The highest BCUT2D eigenvalue weighted by Gasteiger charge is 2.26. The molecule has 0 aliphatic heterocycles. The third-order valence-electron chi connectivity index (χ3n) is 4.51. The predicted molar refractivity (Wildman–Crippen MR) is 94.9 cm³/mol. The predicted octanol–water partition coefficient (Wildman–Crippen LogP) is 2.28. The number of rotatable bonds is 10. The highest BCUT2D eigenvalue weighted by atomic mass is 16.5. The van der Waals surface area contributed by atoms with E-state index in [1.54, 1.807) is 21.3 Å². The lowest BCUT2D eigenvalue weighted by Crippen LogP contribution is -2.52. The zero-order chi connectivity index (χ0) is 18.2. The van der Waals surface area contributed by atoms with Crippen LogP contribution >= 0.6 is 0 Å². The van der Waals surface area contributed by atoms with Crippen LogP contribution in [0.3, 0.4) is 0 Å². The van der Waals surface area contributed by atoms with Crippen molar-refractivity contribution in [2.45, 2.75) is 45.1 Å². The summed E-state index contributed by atoms with van der Waals surface area (Å²) in [5.41, 5.74) is 6.47. The molecule has 1 aromatic rings. The van der Waals surface area contributed by atoms with E-state index < -0.39 is 0 Å². The molecule has 6 nitrogen and oxygen atoms in total. The quantitative estimate of drug-likeness (QED) is 0.684. The van der Waals surface area contributed by atoms with Crippen molar-refractivity contribution in [3.8, 4) is 17.2 Å². The van der Waals surface area contributed by atoms with Crippen LogP contribution in [0.1, 0.15) is 38.7 Å². The number of methoxy groups -OCH3 is 3. The summed E-state index contributed by atoms with van der Waals surface area (Å²) in [7, 11) is 4.72. The van der Waals surface area contributed by atoms with Crippen molar-refractivity contribution < 1.29 is 19.0 Å². The van der Waals surface area contributed by atoms with E-state index in [2.05, 4.69) is 5.32 Å². The molecule has 0 spiro atoms. The minimum atomic E-state index is -0.313. The van der Waals surface area contributed by atoms with E-state index in [1.807, 2.05) is 26.0 Å². The summed E-state index contributed by atoms with van der Waals surface area (Å²) in [6.45, 7) is 4.52. The fourth-order valence-electron chi connectivity index (χ4n) is 2.66. The van der Waals surface area contributed by atoms with Crippen molar-refractivity contribution in [3.63, 3.8) is 0 Å². The lowest BCUT2D eigenvalue weighted by molar-refractivity contribution is -0.123. The lowest BCUT2D eigenvalue weighted by Gasteiger charge is -2.31. The topological polar surface area (TPSA) is 82.8 Å². The lowest BCUT2D eigenvalue weighted by atomic mass is 9.92. The number of benzene rings is 1. The SMILES string of the molecule is CCC(CC)(CN)NC(=O)CCc1cc(OC)c(OC)c(OC)c1. The third-order valence-corrected chi connectivity index (χ3v) is 4.51. The molecule has 0 saturated carbocycles. The Balaban J connectivity index is 2.82. The number of nitrogens with two attached hydrogens (primary N) is 1. The monoisotopic (exact) mass is 338 g/mol. The second-order valence-electron chi connectivity index (χ2n) is 5.77. The van der Waals surface area contributed by atoms with Gasteiger partial charge >= 0.3 is 0 Å². The summed E-state index contributed by atoms with van der Waals surface area (Å²) < 4.78 is 16.0. The molecular weight excluding hydrogens is 308 g/mol. The molecule has 24 heavy (non-hydrogen) atoms.